The molecule has 2 aromatic carbocycles. The number of aryl methyl sites for hydroxylation is 1. The fraction of sp³-hybridized carbons (Fsp3) is 0.227. The summed E-state index contributed by atoms with van der Waals surface area (Å²) in [7, 11) is 0. The van der Waals surface area contributed by atoms with Gasteiger partial charge in [-0.25, -0.2) is 4.72 Å². The van der Waals surface area contributed by atoms with Crippen LogP contribution in [0.5, 0.6) is 5.75 Å². The molecule has 11 heteroatoms. The normalized spacial score (nSPS) is 17.5. The predicted molar refractivity (Wildman–Crippen MR) is 115 cm³/mol. The van der Waals surface area contributed by atoms with Crippen LogP contribution in [0.3, 0.4) is 0 Å². The van der Waals surface area contributed by atoms with Crippen LogP contribution in [0, 0.1) is 6.92 Å². The molecule has 2 heterocycles. The molecule has 0 aliphatic carbocycles. The lowest BCUT2D eigenvalue weighted by Crippen LogP contribution is -2.39. The van der Waals surface area contributed by atoms with Gasteiger partial charge in [0.2, 0.25) is 16.7 Å². The van der Waals surface area contributed by atoms with Crippen LogP contribution in [-0.4, -0.2) is 27.7 Å². The Bertz CT molecular complexity index is 1240. The minimum Gasteiger partial charge on any atom is -0.588 e. The zero-order valence-corrected chi connectivity index (χ0v) is 18.0. The number of benzene rings is 2. The number of amides is 2. The summed E-state index contributed by atoms with van der Waals surface area (Å²) in [5.74, 6) is -1.89. The minimum absolute atomic E-state index is 0.183. The third-order valence-electron chi connectivity index (χ3n) is 5.18. The van der Waals surface area contributed by atoms with E-state index in [9.17, 15) is 27.3 Å². The molecule has 2 unspecified atom stereocenters. The number of para-hydroxylation sites is 1. The van der Waals surface area contributed by atoms with Gasteiger partial charge in [0.15, 0.2) is 5.75 Å². The van der Waals surface area contributed by atoms with Crippen molar-refractivity contribution in [3.8, 4) is 5.75 Å². The van der Waals surface area contributed by atoms with Gasteiger partial charge in [-0.05, 0) is 49.2 Å². The van der Waals surface area contributed by atoms with E-state index in [1.54, 1.807) is 31.2 Å². The number of nitrogens with one attached hydrogen (secondary N) is 2. The number of hydrogen-bond acceptors (Lipinski definition) is 6. The van der Waals surface area contributed by atoms with Crippen molar-refractivity contribution in [2.24, 2.45) is 0 Å². The van der Waals surface area contributed by atoms with E-state index in [2.05, 4.69) is 19.8 Å². The summed E-state index contributed by atoms with van der Waals surface area (Å²) in [5, 5.41) is 2.85. The zero-order valence-electron chi connectivity index (χ0n) is 17.2. The number of aromatic nitrogens is 1. The monoisotopic (exact) mass is 477 g/mol. The van der Waals surface area contributed by atoms with Gasteiger partial charge < -0.3 is 9.29 Å². The Balaban J connectivity index is 1.69. The Morgan fingerprint density at radius 1 is 1.18 bits per heavy atom. The maximum atomic E-state index is 12.9. The molecular weight excluding hydrogens is 459 g/mol. The van der Waals surface area contributed by atoms with Gasteiger partial charge in [-0.15, -0.1) is 13.2 Å². The molecule has 4 rings (SSSR count). The molecule has 0 saturated carbocycles. The highest BCUT2D eigenvalue weighted by molar-refractivity contribution is 7.92. The molecular formula is C22H18F3N3O4S. The number of alkyl halides is 3. The Morgan fingerprint density at radius 2 is 1.94 bits per heavy atom. The number of rotatable bonds is 5. The third-order valence-corrected chi connectivity index (χ3v) is 6.32. The summed E-state index contributed by atoms with van der Waals surface area (Å²) in [6.45, 7) is 1.75. The minimum atomic E-state index is -4.93. The first-order chi connectivity index (χ1) is 15.6. The van der Waals surface area contributed by atoms with Crippen molar-refractivity contribution in [3.05, 3.63) is 59.8 Å². The van der Waals surface area contributed by atoms with Crippen LogP contribution < -0.4 is 14.8 Å². The van der Waals surface area contributed by atoms with Gasteiger partial charge in [-0.2, -0.15) is 0 Å². The molecule has 2 atom stereocenters. The summed E-state index contributed by atoms with van der Waals surface area (Å²) >= 11 is -2.09. The zero-order chi connectivity index (χ0) is 23.8. The Kier molecular flexibility index (Phi) is 6.17. The first-order valence-electron chi connectivity index (χ1n) is 9.89. The van der Waals surface area contributed by atoms with E-state index in [1.165, 1.54) is 18.2 Å². The number of anilines is 1. The Morgan fingerprint density at radius 3 is 2.67 bits per heavy atom. The summed E-state index contributed by atoms with van der Waals surface area (Å²) in [6.07, 6.45) is -4.39. The first-order valence-corrected chi connectivity index (χ1v) is 11.0. The van der Waals surface area contributed by atoms with Crippen molar-refractivity contribution in [1.29, 1.82) is 0 Å². The second kappa shape index (κ2) is 8.91. The molecule has 2 amide bonds. The highest BCUT2D eigenvalue weighted by Gasteiger charge is 2.34. The third kappa shape index (κ3) is 5.04. The molecule has 1 fully saturated rings. The number of halogens is 3. The van der Waals surface area contributed by atoms with Gasteiger partial charge in [-0.3, -0.25) is 19.9 Å². The number of pyridine rings is 1. The number of nitrogens with zero attached hydrogens (tertiary/aromatic N) is 1. The van der Waals surface area contributed by atoms with Crippen molar-refractivity contribution in [1.82, 2.24) is 10.3 Å². The Hall–Kier alpha value is -3.31. The summed E-state index contributed by atoms with van der Waals surface area (Å²) in [6, 6.07) is 11.9. The second-order valence-electron chi connectivity index (χ2n) is 7.40. The molecule has 0 bridgehead atoms. The summed E-state index contributed by atoms with van der Waals surface area (Å²) in [4.78, 5) is 28.2. The number of fused-ring (bicyclic) bond motifs is 1. The van der Waals surface area contributed by atoms with Crippen LogP contribution >= 0.6 is 0 Å². The van der Waals surface area contributed by atoms with Crippen molar-refractivity contribution in [2.75, 3.05) is 4.72 Å². The molecule has 3 aromatic rings. The molecule has 1 saturated heterocycles. The van der Waals surface area contributed by atoms with Gasteiger partial charge in [0.1, 0.15) is 11.4 Å². The largest absolute Gasteiger partial charge is 0.588 e. The highest BCUT2D eigenvalue weighted by atomic mass is 32.2. The van der Waals surface area contributed by atoms with E-state index in [4.69, 9.17) is 0 Å². The molecule has 0 spiro atoms. The van der Waals surface area contributed by atoms with Crippen LogP contribution in [-0.2, 0) is 21.0 Å². The maximum absolute atomic E-state index is 12.9. The van der Waals surface area contributed by atoms with Crippen molar-refractivity contribution >= 4 is 39.8 Å². The maximum Gasteiger partial charge on any atom is 0.573 e. The lowest BCUT2D eigenvalue weighted by molar-refractivity contribution is -0.275. The number of carbonyl (C=O) groups excluding carboxylic acids is 2. The van der Waals surface area contributed by atoms with Crippen molar-refractivity contribution in [3.63, 3.8) is 0 Å². The fourth-order valence-electron chi connectivity index (χ4n) is 3.71. The molecule has 0 radical (unpaired) electrons. The smallest absolute Gasteiger partial charge is 0.573 e. The van der Waals surface area contributed by atoms with Crippen molar-refractivity contribution < 1.29 is 32.0 Å². The standard InChI is InChI=1S/C22H18F3N3O4S/c1-12-14(13-9-10-20(29)27-21(13)30)11-15-16(26-12)5-4-6-17(15)28-33(31)19-8-3-2-7-18(19)32-22(23,24)25/h2-8,11,13,28H,9-10H2,1H3,(H,27,29,30). The molecule has 172 valence electrons. The predicted octanol–water partition coefficient (Wildman–Crippen LogP) is 4.10. The van der Waals surface area contributed by atoms with Crippen LogP contribution in [0.15, 0.2) is 53.4 Å². The van der Waals surface area contributed by atoms with E-state index < -0.39 is 35.3 Å². The number of carbonyl (C=O) groups is 2. The topological polar surface area (TPSA) is 103 Å². The molecule has 2 N–H and O–H groups in total. The Labute approximate surface area is 189 Å². The lowest BCUT2D eigenvalue weighted by atomic mass is 9.88. The number of ether oxygens (including phenoxy) is 1. The van der Waals surface area contributed by atoms with Crippen LogP contribution in [0.4, 0.5) is 18.9 Å². The number of imide groups is 1. The molecule has 33 heavy (non-hydrogen) atoms. The second-order valence-corrected chi connectivity index (χ2v) is 8.59. The fourth-order valence-corrected chi connectivity index (χ4v) is 4.69. The van der Waals surface area contributed by atoms with E-state index in [-0.39, 0.29) is 17.2 Å². The number of hydrogen-bond donors (Lipinski definition) is 2. The first kappa shape index (κ1) is 22.9. The van der Waals surface area contributed by atoms with Gasteiger partial charge >= 0.3 is 6.36 Å². The number of piperidine rings is 1. The van der Waals surface area contributed by atoms with Crippen LogP contribution in [0.2, 0.25) is 0 Å². The molecule has 1 aromatic heterocycles. The summed E-state index contributed by atoms with van der Waals surface area (Å²) in [5.41, 5.74) is 2.13. The van der Waals surface area contributed by atoms with Crippen molar-refractivity contribution in [2.45, 2.75) is 36.9 Å². The highest BCUT2D eigenvalue weighted by Crippen LogP contribution is 2.34. The van der Waals surface area contributed by atoms with E-state index in [1.807, 2.05) is 0 Å². The van der Waals surface area contributed by atoms with E-state index in [0.717, 1.165) is 6.07 Å². The quantitative estimate of drug-likeness (QED) is 0.424. The average molecular weight is 477 g/mol. The van der Waals surface area contributed by atoms with E-state index in [0.29, 0.717) is 34.3 Å². The lowest BCUT2D eigenvalue weighted by Gasteiger charge is -2.23. The molecule has 1 aliphatic rings. The van der Waals surface area contributed by atoms with Gasteiger partial charge in [0.25, 0.3) is 0 Å². The molecule has 1 aliphatic heterocycles. The van der Waals surface area contributed by atoms with Crippen LogP contribution in [0.25, 0.3) is 10.9 Å². The van der Waals surface area contributed by atoms with Gasteiger partial charge in [0, 0.05) is 17.5 Å². The van der Waals surface area contributed by atoms with Gasteiger partial charge in [-0.1, -0.05) is 18.2 Å². The van der Waals surface area contributed by atoms with Gasteiger partial charge in [0.05, 0.1) is 17.1 Å². The average Bonchev–Trinajstić information content (AvgIpc) is 2.73. The summed E-state index contributed by atoms with van der Waals surface area (Å²) < 4.78 is 57.9. The van der Waals surface area contributed by atoms with Crippen LogP contribution in [0.1, 0.15) is 30.0 Å². The SMILES string of the molecule is Cc1nc2cccc(N[S+]([O-])c3ccccc3OC(F)(F)F)c2cc1C1CCC(=O)NC1=O. The molecule has 7 nitrogen and oxygen atoms in total. The van der Waals surface area contributed by atoms with E-state index >= 15 is 0 Å².